The minimum absolute atomic E-state index is 0.230. The zero-order valence-electron chi connectivity index (χ0n) is 8.40. The number of hydrogen-bond acceptors (Lipinski definition) is 4. The number of amides is 1. The molecule has 0 saturated heterocycles. The summed E-state index contributed by atoms with van der Waals surface area (Å²) in [6, 6.07) is 0. The number of aromatic amines is 1. The van der Waals surface area contributed by atoms with Gasteiger partial charge in [0.15, 0.2) is 0 Å². The fourth-order valence-corrected chi connectivity index (χ4v) is 0.983. The summed E-state index contributed by atoms with van der Waals surface area (Å²) in [5.74, 6) is 0.816. The Labute approximate surface area is 87.7 Å². The third-order valence-corrected chi connectivity index (χ3v) is 1.66. The minimum atomic E-state index is -0.424. The molecule has 1 amide bonds. The van der Waals surface area contributed by atoms with E-state index < -0.39 is 6.09 Å². The van der Waals surface area contributed by atoms with Gasteiger partial charge in [-0.3, -0.25) is 5.10 Å². The molecule has 0 bridgehead atoms. The van der Waals surface area contributed by atoms with Crippen molar-refractivity contribution >= 4 is 6.09 Å². The van der Waals surface area contributed by atoms with Crippen molar-refractivity contribution < 1.29 is 9.53 Å². The van der Waals surface area contributed by atoms with E-state index in [4.69, 9.17) is 4.74 Å². The first-order valence-electron chi connectivity index (χ1n) is 4.68. The van der Waals surface area contributed by atoms with Crippen LogP contribution in [0.15, 0.2) is 19.0 Å². The standard InChI is InChI=1S/C9H14N4O2/c1-2-6-15-9(14)10-5-3-4-8-11-7-12-13-8/h2,7H,1,3-6H2,(H,10,14)(H,11,12,13). The lowest BCUT2D eigenvalue weighted by Crippen LogP contribution is -2.25. The average molecular weight is 210 g/mol. The predicted molar refractivity (Wildman–Crippen MR) is 54.3 cm³/mol. The molecule has 0 fully saturated rings. The van der Waals surface area contributed by atoms with Crippen LogP contribution >= 0.6 is 0 Å². The minimum Gasteiger partial charge on any atom is -0.445 e. The van der Waals surface area contributed by atoms with Crippen molar-refractivity contribution in [2.24, 2.45) is 0 Å². The summed E-state index contributed by atoms with van der Waals surface area (Å²) in [5.41, 5.74) is 0. The number of carbonyl (C=O) groups is 1. The molecule has 0 unspecified atom stereocenters. The Hall–Kier alpha value is -1.85. The fraction of sp³-hybridized carbons (Fsp3) is 0.444. The van der Waals surface area contributed by atoms with Gasteiger partial charge in [-0.15, -0.1) is 0 Å². The monoisotopic (exact) mass is 210 g/mol. The first-order valence-corrected chi connectivity index (χ1v) is 4.68. The Balaban J connectivity index is 2.01. The largest absolute Gasteiger partial charge is 0.445 e. The molecule has 0 aliphatic heterocycles. The smallest absolute Gasteiger partial charge is 0.407 e. The van der Waals surface area contributed by atoms with Crippen molar-refractivity contribution in [1.29, 1.82) is 0 Å². The Morgan fingerprint density at radius 2 is 2.60 bits per heavy atom. The van der Waals surface area contributed by atoms with E-state index in [1.807, 2.05) is 0 Å². The van der Waals surface area contributed by atoms with Gasteiger partial charge < -0.3 is 10.1 Å². The molecular formula is C9H14N4O2. The van der Waals surface area contributed by atoms with E-state index in [0.717, 1.165) is 18.7 Å². The quantitative estimate of drug-likeness (QED) is 0.533. The van der Waals surface area contributed by atoms with Crippen molar-refractivity contribution in [3.63, 3.8) is 0 Å². The van der Waals surface area contributed by atoms with E-state index >= 15 is 0 Å². The van der Waals surface area contributed by atoms with E-state index in [2.05, 4.69) is 27.1 Å². The molecule has 82 valence electrons. The number of aromatic nitrogens is 3. The molecule has 0 atom stereocenters. The molecule has 0 radical (unpaired) electrons. The number of nitrogens with zero attached hydrogens (tertiary/aromatic N) is 2. The maximum absolute atomic E-state index is 10.9. The third kappa shape index (κ3) is 4.80. The van der Waals surface area contributed by atoms with Crippen molar-refractivity contribution in [1.82, 2.24) is 20.5 Å². The van der Waals surface area contributed by atoms with Crippen LogP contribution < -0.4 is 5.32 Å². The molecule has 15 heavy (non-hydrogen) atoms. The van der Waals surface area contributed by atoms with Crippen LogP contribution in [0, 0.1) is 0 Å². The molecule has 0 saturated carbocycles. The fourth-order valence-electron chi connectivity index (χ4n) is 0.983. The number of H-pyrrole nitrogens is 1. The van der Waals surface area contributed by atoms with Gasteiger partial charge in [0, 0.05) is 13.0 Å². The van der Waals surface area contributed by atoms with Crippen molar-refractivity contribution in [3.8, 4) is 0 Å². The van der Waals surface area contributed by atoms with E-state index in [1.54, 1.807) is 0 Å². The summed E-state index contributed by atoms with van der Waals surface area (Å²) in [5, 5.41) is 9.07. The lowest BCUT2D eigenvalue weighted by molar-refractivity contribution is 0.158. The molecule has 1 aromatic heterocycles. The van der Waals surface area contributed by atoms with Gasteiger partial charge in [0.05, 0.1) is 0 Å². The third-order valence-electron chi connectivity index (χ3n) is 1.66. The van der Waals surface area contributed by atoms with E-state index in [0.29, 0.717) is 6.54 Å². The predicted octanol–water partition coefficient (Wildman–Crippen LogP) is 0.650. The zero-order valence-corrected chi connectivity index (χ0v) is 8.40. The molecular weight excluding hydrogens is 196 g/mol. The Bertz CT molecular complexity index is 297. The second kappa shape index (κ2) is 6.58. The summed E-state index contributed by atoms with van der Waals surface area (Å²) in [6.07, 6.45) is 4.10. The average Bonchev–Trinajstić information content (AvgIpc) is 2.74. The molecule has 6 nitrogen and oxygen atoms in total. The van der Waals surface area contributed by atoms with Crippen molar-refractivity contribution in [2.45, 2.75) is 12.8 Å². The van der Waals surface area contributed by atoms with Crippen molar-refractivity contribution in [3.05, 3.63) is 24.8 Å². The lowest BCUT2D eigenvalue weighted by atomic mass is 10.3. The summed E-state index contributed by atoms with van der Waals surface area (Å²) in [6.45, 7) is 4.22. The van der Waals surface area contributed by atoms with E-state index in [-0.39, 0.29) is 6.61 Å². The SMILES string of the molecule is C=CCOC(=O)NCCCc1ncn[nH]1. The first kappa shape index (κ1) is 11.2. The maximum Gasteiger partial charge on any atom is 0.407 e. The topological polar surface area (TPSA) is 79.9 Å². The molecule has 0 aliphatic rings. The molecule has 0 spiro atoms. The highest BCUT2D eigenvalue weighted by atomic mass is 16.5. The number of ether oxygens (including phenoxy) is 1. The number of aryl methyl sites for hydroxylation is 1. The summed E-state index contributed by atoms with van der Waals surface area (Å²) in [4.78, 5) is 14.9. The first-order chi connectivity index (χ1) is 7.33. The normalized spacial score (nSPS) is 9.60. The number of alkyl carbamates (subject to hydrolysis) is 1. The van der Waals surface area contributed by atoms with Gasteiger partial charge in [-0.05, 0) is 6.42 Å². The van der Waals surface area contributed by atoms with Crippen LogP contribution in [0.2, 0.25) is 0 Å². The van der Waals surface area contributed by atoms with Gasteiger partial charge in [-0.25, -0.2) is 9.78 Å². The Morgan fingerprint density at radius 3 is 3.27 bits per heavy atom. The van der Waals surface area contributed by atoms with Crippen LogP contribution in [0.25, 0.3) is 0 Å². The van der Waals surface area contributed by atoms with E-state index in [1.165, 1.54) is 12.4 Å². The summed E-state index contributed by atoms with van der Waals surface area (Å²) >= 11 is 0. The van der Waals surface area contributed by atoms with Crippen LogP contribution in [-0.4, -0.2) is 34.4 Å². The van der Waals surface area contributed by atoms with Gasteiger partial charge in [-0.2, -0.15) is 5.10 Å². The van der Waals surface area contributed by atoms with E-state index in [9.17, 15) is 4.79 Å². The van der Waals surface area contributed by atoms with Crippen LogP contribution in [0.3, 0.4) is 0 Å². The zero-order chi connectivity index (χ0) is 10.9. The van der Waals surface area contributed by atoms with Gasteiger partial charge in [0.25, 0.3) is 0 Å². The molecule has 2 N–H and O–H groups in total. The molecule has 1 rings (SSSR count). The van der Waals surface area contributed by atoms with Gasteiger partial charge in [-0.1, -0.05) is 12.7 Å². The Morgan fingerprint density at radius 1 is 1.73 bits per heavy atom. The van der Waals surface area contributed by atoms with Gasteiger partial charge in [0.1, 0.15) is 18.8 Å². The second-order valence-corrected chi connectivity index (χ2v) is 2.85. The summed E-state index contributed by atoms with van der Waals surface area (Å²) in [7, 11) is 0. The molecule has 0 aliphatic carbocycles. The van der Waals surface area contributed by atoms with Crippen LogP contribution in [0.4, 0.5) is 4.79 Å². The highest BCUT2D eigenvalue weighted by molar-refractivity contribution is 5.67. The second-order valence-electron chi connectivity index (χ2n) is 2.85. The van der Waals surface area contributed by atoms with Gasteiger partial charge >= 0.3 is 6.09 Å². The highest BCUT2D eigenvalue weighted by Crippen LogP contribution is 1.91. The molecule has 1 aromatic rings. The van der Waals surface area contributed by atoms with Crippen LogP contribution in [0.1, 0.15) is 12.2 Å². The molecule has 6 heteroatoms. The maximum atomic E-state index is 10.9. The number of carbonyl (C=O) groups excluding carboxylic acids is 1. The lowest BCUT2D eigenvalue weighted by Gasteiger charge is -2.03. The highest BCUT2D eigenvalue weighted by Gasteiger charge is 2.00. The Kier molecular flexibility index (Phi) is 4.93. The molecule has 0 aromatic carbocycles. The summed E-state index contributed by atoms with van der Waals surface area (Å²) < 4.78 is 4.72. The number of rotatable bonds is 6. The number of nitrogens with one attached hydrogen (secondary N) is 2. The molecule has 1 heterocycles. The van der Waals surface area contributed by atoms with Crippen molar-refractivity contribution in [2.75, 3.05) is 13.2 Å². The van der Waals surface area contributed by atoms with Crippen LogP contribution in [0.5, 0.6) is 0 Å². The van der Waals surface area contributed by atoms with Crippen LogP contribution in [-0.2, 0) is 11.2 Å². The number of hydrogen-bond donors (Lipinski definition) is 2. The van der Waals surface area contributed by atoms with Gasteiger partial charge in [0.2, 0.25) is 0 Å².